The van der Waals surface area contributed by atoms with Crippen LogP contribution in [0.15, 0.2) is 24.3 Å². The van der Waals surface area contributed by atoms with Crippen LogP contribution in [0.25, 0.3) is 0 Å². The SMILES string of the molecule is COC(=O)CN(Cc1ccccc1Cl)CN1C(=O)NC2(CCCCCC2)C1=O. The summed E-state index contributed by atoms with van der Waals surface area (Å²) < 4.78 is 4.78. The molecule has 28 heavy (non-hydrogen) atoms. The van der Waals surface area contributed by atoms with E-state index >= 15 is 0 Å². The lowest BCUT2D eigenvalue weighted by Gasteiger charge is -2.28. The van der Waals surface area contributed by atoms with Crippen molar-refractivity contribution in [2.45, 2.75) is 50.6 Å². The Morgan fingerprint density at radius 1 is 1.21 bits per heavy atom. The van der Waals surface area contributed by atoms with E-state index in [0.29, 0.717) is 24.4 Å². The van der Waals surface area contributed by atoms with Gasteiger partial charge in [0.05, 0.1) is 20.3 Å². The zero-order chi connectivity index (χ0) is 20.1. The first kappa shape index (κ1) is 20.6. The van der Waals surface area contributed by atoms with Gasteiger partial charge in [0.2, 0.25) is 0 Å². The van der Waals surface area contributed by atoms with Gasteiger partial charge in [0.15, 0.2) is 0 Å². The van der Waals surface area contributed by atoms with Crippen molar-refractivity contribution in [2.75, 3.05) is 20.3 Å². The van der Waals surface area contributed by atoms with Gasteiger partial charge in [-0.15, -0.1) is 0 Å². The minimum absolute atomic E-state index is 0.00669. The molecule has 3 amide bonds. The number of methoxy groups -OCH3 is 1. The van der Waals surface area contributed by atoms with Crippen LogP contribution in [0.5, 0.6) is 0 Å². The van der Waals surface area contributed by atoms with Gasteiger partial charge in [-0.2, -0.15) is 0 Å². The monoisotopic (exact) mass is 407 g/mol. The Hall–Kier alpha value is -2.12. The van der Waals surface area contributed by atoms with Crippen LogP contribution in [-0.2, 0) is 20.9 Å². The summed E-state index contributed by atoms with van der Waals surface area (Å²) in [6.07, 6.45) is 5.32. The number of hydrogen-bond acceptors (Lipinski definition) is 5. The number of carbonyl (C=O) groups excluding carboxylic acids is 3. The van der Waals surface area contributed by atoms with E-state index in [0.717, 1.165) is 31.2 Å². The van der Waals surface area contributed by atoms with E-state index < -0.39 is 17.5 Å². The Kier molecular flexibility index (Phi) is 6.57. The van der Waals surface area contributed by atoms with Crippen molar-refractivity contribution in [3.05, 3.63) is 34.9 Å². The van der Waals surface area contributed by atoms with E-state index in [1.165, 1.54) is 12.0 Å². The maximum Gasteiger partial charge on any atom is 0.326 e. The average molecular weight is 408 g/mol. The van der Waals surface area contributed by atoms with Crippen molar-refractivity contribution in [2.24, 2.45) is 0 Å². The van der Waals surface area contributed by atoms with Gasteiger partial charge in [-0.25, -0.2) is 9.69 Å². The molecule has 1 spiro atoms. The lowest BCUT2D eigenvalue weighted by Crippen LogP contribution is -2.48. The molecule has 3 rings (SSSR count). The highest BCUT2D eigenvalue weighted by Gasteiger charge is 2.51. The number of urea groups is 1. The van der Waals surface area contributed by atoms with E-state index in [4.69, 9.17) is 16.3 Å². The summed E-state index contributed by atoms with van der Waals surface area (Å²) in [5, 5.41) is 3.49. The van der Waals surface area contributed by atoms with Crippen LogP contribution in [0.4, 0.5) is 4.79 Å². The number of rotatable bonds is 6. The fourth-order valence-corrected chi connectivity index (χ4v) is 4.14. The maximum atomic E-state index is 13.1. The summed E-state index contributed by atoms with van der Waals surface area (Å²) in [5.41, 5.74) is 0.0128. The van der Waals surface area contributed by atoms with Gasteiger partial charge >= 0.3 is 12.0 Å². The molecule has 0 aromatic heterocycles. The number of benzene rings is 1. The van der Waals surface area contributed by atoms with Crippen LogP contribution in [0.3, 0.4) is 0 Å². The van der Waals surface area contributed by atoms with Crippen LogP contribution in [0.1, 0.15) is 44.1 Å². The second kappa shape index (κ2) is 8.92. The molecule has 1 aliphatic carbocycles. The van der Waals surface area contributed by atoms with E-state index in [9.17, 15) is 14.4 Å². The van der Waals surface area contributed by atoms with E-state index in [1.54, 1.807) is 11.0 Å². The van der Waals surface area contributed by atoms with Crippen LogP contribution in [0, 0.1) is 0 Å². The van der Waals surface area contributed by atoms with E-state index in [1.807, 2.05) is 18.2 Å². The van der Waals surface area contributed by atoms with Gasteiger partial charge in [-0.05, 0) is 24.5 Å². The molecule has 0 bridgehead atoms. The second-order valence-corrected chi connectivity index (χ2v) is 7.86. The van der Waals surface area contributed by atoms with Crippen molar-refractivity contribution in [3.8, 4) is 0 Å². The van der Waals surface area contributed by atoms with Gasteiger partial charge in [-0.3, -0.25) is 14.5 Å². The van der Waals surface area contributed by atoms with Gasteiger partial charge in [0.25, 0.3) is 5.91 Å². The number of carbonyl (C=O) groups is 3. The van der Waals surface area contributed by atoms with Crippen LogP contribution in [-0.4, -0.2) is 53.6 Å². The van der Waals surface area contributed by atoms with Crippen molar-refractivity contribution < 1.29 is 19.1 Å². The maximum absolute atomic E-state index is 13.1. The molecular weight excluding hydrogens is 382 g/mol. The molecule has 152 valence electrons. The third-order valence-corrected chi connectivity index (χ3v) is 5.85. The Balaban J connectivity index is 1.77. The largest absolute Gasteiger partial charge is 0.468 e. The number of imide groups is 1. The highest BCUT2D eigenvalue weighted by atomic mass is 35.5. The number of nitrogens with zero attached hydrogens (tertiary/aromatic N) is 2. The molecule has 1 N–H and O–H groups in total. The minimum atomic E-state index is -0.797. The predicted molar refractivity (Wildman–Crippen MR) is 105 cm³/mol. The molecular formula is C20H26ClN3O4. The van der Waals surface area contributed by atoms with Crippen LogP contribution < -0.4 is 5.32 Å². The third kappa shape index (κ3) is 4.47. The summed E-state index contributed by atoms with van der Waals surface area (Å²) in [6, 6.07) is 6.89. The smallest absolute Gasteiger partial charge is 0.326 e. The summed E-state index contributed by atoms with van der Waals surface area (Å²) >= 11 is 6.24. The molecule has 1 aromatic carbocycles. The molecule has 1 aromatic rings. The number of hydrogen-bond donors (Lipinski definition) is 1. The molecule has 7 nitrogen and oxygen atoms in total. The van der Waals surface area contributed by atoms with Crippen molar-refractivity contribution in [1.82, 2.24) is 15.1 Å². The highest BCUT2D eigenvalue weighted by molar-refractivity contribution is 6.31. The molecule has 1 saturated carbocycles. The zero-order valence-corrected chi connectivity index (χ0v) is 16.8. The molecule has 2 fully saturated rings. The van der Waals surface area contributed by atoms with Gasteiger partial charge in [-0.1, -0.05) is 55.5 Å². The number of esters is 1. The lowest BCUT2D eigenvalue weighted by atomic mass is 9.90. The molecule has 8 heteroatoms. The van der Waals surface area contributed by atoms with Gasteiger partial charge in [0.1, 0.15) is 5.54 Å². The standard InChI is InChI=1S/C20H26ClN3O4/c1-28-17(25)13-23(12-15-8-4-5-9-16(15)21)14-24-18(26)20(22-19(24)27)10-6-2-3-7-11-20/h4-5,8-9H,2-3,6-7,10-14H2,1H3,(H,22,27). The topological polar surface area (TPSA) is 79.0 Å². The number of amides is 3. The number of ether oxygens (including phenoxy) is 1. The third-order valence-electron chi connectivity index (χ3n) is 5.48. The summed E-state index contributed by atoms with van der Waals surface area (Å²) in [7, 11) is 1.31. The molecule has 1 aliphatic heterocycles. The Morgan fingerprint density at radius 2 is 1.89 bits per heavy atom. The molecule has 2 aliphatic rings. The fourth-order valence-electron chi connectivity index (χ4n) is 3.95. The molecule has 0 unspecified atom stereocenters. The van der Waals surface area contributed by atoms with Crippen molar-refractivity contribution >= 4 is 29.5 Å². The first-order chi connectivity index (χ1) is 13.4. The van der Waals surface area contributed by atoms with E-state index in [2.05, 4.69) is 5.32 Å². The quantitative estimate of drug-likeness (QED) is 0.579. The van der Waals surface area contributed by atoms with Crippen LogP contribution >= 0.6 is 11.6 Å². The molecule has 0 atom stereocenters. The predicted octanol–water partition coefficient (Wildman–Crippen LogP) is 2.92. The molecule has 0 radical (unpaired) electrons. The minimum Gasteiger partial charge on any atom is -0.468 e. The molecule has 1 saturated heterocycles. The summed E-state index contributed by atoms with van der Waals surface area (Å²) in [4.78, 5) is 40.5. The lowest BCUT2D eigenvalue weighted by molar-refractivity contribution is -0.144. The first-order valence-corrected chi connectivity index (χ1v) is 10.00. The number of halogens is 1. The normalized spacial score (nSPS) is 19.0. The highest BCUT2D eigenvalue weighted by Crippen LogP contribution is 2.33. The average Bonchev–Trinajstić information content (AvgIpc) is 2.84. The van der Waals surface area contributed by atoms with Crippen molar-refractivity contribution in [3.63, 3.8) is 0 Å². The molecule has 1 heterocycles. The van der Waals surface area contributed by atoms with Gasteiger partial charge < -0.3 is 10.1 Å². The second-order valence-electron chi connectivity index (χ2n) is 7.46. The van der Waals surface area contributed by atoms with Gasteiger partial charge in [0, 0.05) is 11.6 Å². The van der Waals surface area contributed by atoms with Crippen molar-refractivity contribution in [1.29, 1.82) is 0 Å². The van der Waals surface area contributed by atoms with E-state index in [-0.39, 0.29) is 19.1 Å². The Morgan fingerprint density at radius 3 is 2.54 bits per heavy atom. The fraction of sp³-hybridized carbons (Fsp3) is 0.550. The Labute approximate surface area is 169 Å². The Bertz CT molecular complexity index is 747. The summed E-state index contributed by atoms with van der Waals surface area (Å²) in [6.45, 7) is 0.275. The van der Waals surface area contributed by atoms with Crippen LogP contribution in [0.2, 0.25) is 5.02 Å². The summed E-state index contributed by atoms with van der Waals surface area (Å²) in [5.74, 6) is -0.642. The number of nitrogens with one attached hydrogen (secondary N) is 1. The zero-order valence-electron chi connectivity index (χ0n) is 16.1. The first-order valence-electron chi connectivity index (χ1n) is 9.62.